The molecule has 0 radical (unpaired) electrons. The van der Waals surface area contributed by atoms with Gasteiger partial charge in [0.1, 0.15) is 11.5 Å². The zero-order valence-corrected chi connectivity index (χ0v) is 13.9. The van der Waals surface area contributed by atoms with E-state index < -0.39 is 0 Å². The molecule has 2 atom stereocenters. The average molecular weight is 335 g/mol. The van der Waals surface area contributed by atoms with E-state index in [4.69, 9.17) is 0 Å². The number of benzene rings is 2. The largest absolute Gasteiger partial charge is 0.334 e. The van der Waals surface area contributed by atoms with Gasteiger partial charge in [0.05, 0.1) is 17.2 Å². The fourth-order valence-corrected chi connectivity index (χ4v) is 3.50. The quantitative estimate of drug-likeness (QED) is 0.716. The number of nitrogens with zero attached hydrogens (tertiary/aromatic N) is 3. The number of hydrogen-bond donors (Lipinski definition) is 0. The number of halogens is 1. The Balaban J connectivity index is 1.57. The van der Waals surface area contributed by atoms with Crippen molar-refractivity contribution in [2.45, 2.75) is 25.3 Å². The van der Waals surface area contributed by atoms with E-state index in [0.29, 0.717) is 12.2 Å². The van der Waals surface area contributed by atoms with Crippen LogP contribution < -0.4 is 0 Å². The Bertz CT molecular complexity index is 926. The third-order valence-corrected chi connectivity index (χ3v) is 4.84. The second-order valence-corrected chi connectivity index (χ2v) is 6.53. The highest BCUT2D eigenvalue weighted by Gasteiger charge is 2.34. The molecular weight excluding hydrogens is 317 g/mol. The van der Waals surface area contributed by atoms with E-state index in [1.165, 1.54) is 12.1 Å². The van der Waals surface area contributed by atoms with Gasteiger partial charge in [-0.15, -0.1) is 0 Å². The predicted molar refractivity (Wildman–Crippen MR) is 93.8 cm³/mol. The van der Waals surface area contributed by atoms with E-state index in [1.54, 1.807) is 18.3 Å². The van der Waals surface area contributed by atoms with Gasteiger partial charge >= 0.3 is 0 Å². The molecule has 1 aliphatic heterocycles. The zero-order valence-electron chi connectivity index (χ0n) is 13.9. The summed E-state index contributed by atoms with van der Waals surface area (Å²) in [5, 5.41) is 0. The standard InChI is InChI=1S/C20H18FN3O/c1-13-10-15(14-6-8-16(21)9-7-14)12-24(13)20(25)19-11-22-17-4-2-3-5-18(17)23-19/h2-9,11,13,15H,10,12H2,1H3/t13-,15-/m1/s1. The maximum Gasteiger partial charge on any atom is 0.274 e. The number of carbonyl (C=O) groups is 1. The number of aromatic nitrogens is 2. The first kappa shape index (κ1) is 15.7. The fraction of sp³-hybridized carbons (Fsp3) is 0.250. The molecule has 1 amide bonds. The zero-order chi connectivity index (χ0) is 17.4. The average Bonchev–Trinajstić information content (AvgIpc) is 3.03. The van der Waals surface area contributed by atoms with E-state index in [9.17, 15) is 9.18 Å². The lowest BCUT2D eigenvalue weighted by Crippen LogP contribution is -2.34. The molecule has 0 spiro atoms. The smallest absolute Gasteiger partial charge is 0.274 e. The number of hydrogen-bond acceptors (Lipinski definition) is 3. The summed E-state index contributed by atoms with van der Waals surface area (Å²) in [5.41, 5.74) is 2.92. The monoisotopic (exact) mass is 335 g/mol. The van der Waals surface area contributed by atoms with Crippen molar-refractivity contribution in [2.24, 2.45) is 0 Å². The summed E-state index contributed by atoms with van der Waals surface area (Å²) in [4.78, 5) is 23.5. The second kappa shape index (κ2) is 6.24. The van der Waals surface area contributed by atoms with Gasteiger partial charge in [-0.05, 0) is 43.2 Å². The van der Waals surface area contributed by atoms with E-state index in [0.717, 1.165) is 23.0 Å². The Morgan fingerprint density at radius 3 is 2.60 bits per heavy atom. The minimum absolute atomic E-state index is 0.102. The highest BCUT2D eigenvalue weighted by Crippen LogP contribution is 2.32. The molecule has 4 nitrogen and oxygen atoms in total. The number of amides is 1. The van der Waals surface area contributed by atoms with Gasteiger partial charge in [0.25, 0.3) is 5.91 Å². The first-order valence-electron chi connectivity index (χ1n) is 8.40. The van der Waals surface area contributed by atoms with Crippen LogP contribution in [0, 0.1) is 5.82 Å². The SMILES string of the molecule is C[C@@H]1C[C@@H](c2ccc(F)cc2)CN1C(=O)c1cnc2ccccc2n1. The van der Waals surface area contributed by atoms with E-state index >= 15 is 0 Å². The topological polar surface area (TPSA) is 46.1 Å². The van der Waals surface area contributed by atoms with Crippen molar-refractivity contribution in [1.29, 1.82) is 0 Å². The molecule has 1 saturated heterocycles. The third-order valence-electron chi connectivity index (χ3n) is 4.84. The second-order valence-electron chi connectivity index (χ2n) is 6.53. The van der Waals surface area contributed by atoms with E-state index in [1.807, 2.05) is 36.1 Å². The molecule has 0 bridgehead atoms. The highest BCUT2D eigenvalue weighted by atomic mass is 19.1. The van der Waals surface area contributed by atoms with Crippen LogP contribution in [-0.2, 0) is 0 Å². The van der Waals surface area contributed by atoms with Crippen molar-refractivity contribution in [2.75, 3.05) is 6.54 Å². The summed E-state index contributed by atoms with van der Waals surface area (Å²) in [6, 6.07) is 14.2. The van der Waals surface area contributed by atoms with Crippen molar-refractivity contribution in [1.82, 2.24) is 14.9 Å². The lowest BCUT2D eigenvalue weighted by molar-refractivity contribution is 0.0740. The molecule has 126 valence electrons. The Labute approximate surface area is 145 Å². The fourth-order valence-electron chi connectivity index (χ4n) is 3.50. The van der Waals surface area contributed by atoms with Crippen molar-refractivity contribution in [3.05, 3.63) is 71.8 Å². The van der Waals surface area contributed by atoms with Crippen LogP contribution in [0.25, 0.3) is 11.0 Å². The molecule has 2 heterocycles. The van der Waals surface area contributed by atoms with Crippen molar-refractivity contribution >= 4 is 16.9 Å². The molecular formula is C20H18FN3O. The molecule has 25 heavy (non-hydrogen) atoms. The number of rotatable bonds is 2. The van der Waals surface area contributed by atoms with Gasteiger partial charge < -0.3 is 4.90 Å². The van der Waals surface area contributed by atoms with Crippen molar-refractivity contribution in [3.8, 4) is 0 Å². The lowest BCUT2D eigenvalue weighted by atomic mass is 9.97. The Hall–Kier alpha value is -2.82. The normalized spacial score (nSPS) is 20.2. The van der Waals surface area contributed by atoms with Crippen LogP contribution in [0.15, 0.2) is 54.7 Å². The van der Waals surface area contributed by atoms with Gasteiger partial charge in [0, 0.05) is 18.5 Å². The van der Waals surface area contributed by atoms with Crippen LogP contribution >= 0.6 is 0 Å². The molecule has 0 aliphatic carbocycles. The summed E-state index contributed by atoms with van der Waals surface area (Å²) < 4.78 is 13.1. The van der Waals surface area contributed by atoms with Crippen LogP contribution in [0.4, 0.5) is 4.39 Å². The van der Waals surface area contributed by atoms with Crippen LogP contribution in [0.2, 0.25) is 0 Å². The van der Waals surface area contributed by atoms with Crippen LogP contribution in [0.5, 0.6) is 0 Å². The molecule has 1 aromatic heterocycles. The minimum atomic E-state index is -0.242. The summed E-state index contributed by atoms with van der Waals surface area (Å²) in [5.74, 6) is -0.127. The van der Waals surface area contributed by atoms with Crippen molar-refractivity contribution < 1.29 is 9.18 Å². The first-order valence-corrected chi connectivity index (χ1v) is 8.40. The lowest BCUT2D eigenvalue weighted by Gasteiger charge is -2.21. The molecule has 2 aromatic carbocycles. The number of likely N-dealkylation sites (tertiary alicyclic amines) is 1. The van der Waals surface area contributed by atoms with Gasteiger partial charge in [-0.1, -0.05) is 24.3 Å². The van der Waals surface area contributed by atoms with Crippen LogP contribution in [0.1, 0.15) is 35.3 Å². The maximum atomic E-state index is 13.1. The van der Waals surface area contributed by atoms with Gasteiger partial charge in [-0.2, -0.15) is 0 Å². The van der Waals surface area contributed by atoms with Gasteiger partial charge in [-0.25, -0.2) is 9.37 Å². The molecule has 4 rings (SSSR count). The van der Waals surface area contributed by atoms with Crippen LogP contribution in [-0.4, -0.2) is 33.4 Å². The Morgan fingerprint density at radius 2 is 1.84 bits per heavy atom. The van der Waals surface area contributed by atoms with Gasteiger partial charge in [-0.3, -0.25) is 9.78 Å². The molecule has 1 fully saturated rings. The van der Waals surface area contributed by atoms with Crippen molar-refractivity contribution in [3.63, 3.8) is 0 Å². The molecule has 3 aromatic rings. The summed E-state index contributed by atoms with van der Waals surface area (Å²) in [6.45, 7) is 2.65. The third kappa shape index (κ3) is 2.97. The number of carbonyl (C=O) groups excluding carboxylic acids is 1. The molecule has 1 aliphatic rings. The maximum absolute atomic E-state index is 13.1. The Kier molecular flexibility index (Phi) is 3.92. The Morgan fingerprint density at radius 1 is 1.12 bits per heavy atom. The van der Waals surface area contributed by atoms with Gasteiger partial charge in [0.2, 0.25) is 0 Å². The summed E-state index contributed by atoms with van der Waals surface area (Å²) in [7, 11) is 0. The molecule has 0 saturated carbocycles. The van der Waals surface area contributed by atoms with Crippen LogP contribution in [0.3, 0.4) is 0 Å². The minimum Gasteiger partial charge on any atom is -0.334 e. The molecule has 0 unspecified atom stereocenters. The number of para-hydroxylation sites is 2. The predicted octanol–water partition coefficient (Wildman–Crippen LogP) is 3.79. The number of fused-ring (bicyclic) bond motifs is 1. The van der Waals surface area contributed by atoms with E-state index in [-0.39, 0.29) is 23.7 Å². The molecule has 5 heteroatoms. The highest BCUT2D eigenvalue weighted by molar-refractivity contribution is 5.94. The summed E-state index contributed by atoms with van der Waals surface area (Å²) >= 11 is 0. The molecule has 0 N–H and O–H groups in total. The van der Waals surface area contributed by atoms with E-state index in [2.05, 4.69) is 9.97 Å². The first-order chi connectivity index (χ1) is 12.1. The van der Waals surface area contributed by atoms with Gasteiger partial charge in [0.15, 0.2) is 0 Å². The summed E-state index contributed by atoms with van der Waals surface area (Å²) in [6.07, 6.45) is 2.40.